The molecule has 1 rings (SSSR count). The number of rotatable bonds is 4. The molecule has 0 aromatic carbocycles. The van der Waals surface area contributed by atoms with Crippen molar-refractivity contribution in [2.45, 2.75) is 31.9 Å². The fourth-order valence-electron chi connectivity index (χ4n) is 1.84. The molecule has 1 aliphatic heterocycles. The van der Waals surface area contributed by atoms with Gasteiger partial charge in [0, 0.05) is 24.9 Å². The van der Waals surface area contributed by atoms with Crippen LogP contribution in [0, 0.1) is 5.41 Å². The topological polar surface area (TPSA) is 69.6 Å². The molecule has 2 N–H and O–H groups in total. The first-order valence-electron chi connectivity index (χ1n) is 6.18. The molecule has 1 aliphatic rings. The summed E-state index contributed by atoms with van der Waals surface area (Å²) in [5.74, 6) is -0.765. The summed E-state index contributed by atoms with van der Waals surface area (Å²) in [4.78, 5) is 24.6. The Morgan fingerprint density at radius 3 is 2.44 bits per heavy atom. The zero-order valence-corrected chi connectivity index (χ0v) is 12.0. The van der Waals surface area contributed by atoms with E-state index in [1.165, 1.54) is 0 Å². The van der Waals surface area contributed by atoms with Gasteiger partial charge < -0.3 is 15.3 Å². The predicted molar refractivity (Wildman–Crippen MR) is 72.9 cm³/mol. The highest BCUT2D eigenvalue weighted by Crippen LogP contribution is 2.30. The van der Waals surface area contributed by atoms with Crippen LogP contribution in [-0.4, -0.2) is 53.1 Å². The molecule has 5 nitrogen and oxygen atoms in total. The number of aliphatic carboxylic acids is 1. The quantitative estimate of drug-likeness (QED) is 0.817. The van der Waals surface area contributed by atoms with Gasteiger partial charge in [0.2, 0.25) is 0 Å². The second kappa shape index (κ2) is 6.31. The molecule has 0 aromatic heterocycles. The second-order valence-corrected chi connectivity index (χ2v) is 6.36. The third-order valence-corrected chi connectivity index (χ3v) is 4.59. The Labute approximate surface area is 112 Å². The first kappa shape index (κ1) is 15.1. The van der Waals surface area contributed by atoms with Crippen molar-refractivity contribution in [3.05, 3.63) is 0 Å². The Bertz CT molecular complexity index is 314. The van der Waals surface area contributed by atoms with Crippen LogP contribution in [0.25, 0.3) is 0 Å². The van der Waals surface area contributed by atoms with Gasteiger partial charge in [0.1, 0.15) is 0 Å². The SMILES string of the molecule is CSC(C)CNC(=O)N1CCC(C)(C(=O)O)CC1. The second-order valence-electron chi connectivity index (χ2n) is 5.09. The highest BCUT2D eigenvalue weighted by atomic mass is 32.2. The molecule has 1 heterocycles. The molecule has 0 radical (unpaired) electrons. The molecule has 1 saturated heterocycles. The zero-order chi connectivity index (χ0) is 13.8. The summed E-state index contributed by atoms with van der Waals surface area (Å²) >= 11 is 1.71. The lowest BCUT2D eigenvalue weighted by molar-refractivity contribution is -0.150. The maximum Gasteiger partial charge on any atom is 0.317 e. The lowest BCUT2D eigenvalue weighted by Gasteiger charge is -2.36. The van der Waals surface area contributed by atoms with Gasteiger partial charge in [-0.3, -0.25) is 4.79 Å². The highest BCUT2D eigenvalue weighted by Gasteiger charge is 2.37. The molecule has 18 heavy (non-hydrogen) atoms. The number of carboxylic acid groups (broad SMARTS) is 1. The number of piperidine rings is 1. The van der Waals surface area contributed by atoms with E-state index in [1.54, 1.807) is 23.6 Å². The summed E-state index contributed by atoms with van der Waals surface area (Å²) in [5, 5.41) is 12.4. The molecule has 2 amide bonds. The van der Waals surface area contributed by atoms with Crippen LogP contribution in [-0.2, 0) is 4.79 Å². The first-order valence-corrected chi connectivity index (χ1v) is 7.47. The summed E-state index contributed by atoms with van der Waals surface area (Å²) in [6, 6.07) is -0.0802. The number of carbonyl (C=O) groups excluding carboxylic acids is 1. The highest BCUT2D eigenvalue weighted by molar-refractivity contribution is 7.99. The summed E-state index contributed by atoms with van der Waals surface area (Å²) in [6.45, 7) is 5.49. The van der Waals surface area contributed by atoms with Crippen molar-refractivity contribution in [1.29, 1.82) is 0 Å². The minimum atomic E-state index is -0.765. The molecule has 0 bridgehead atoms. The fourth-order valence-corrected chi connectivity index (χ4v) is 2.09. The standard InChI is InChI=1S/C12H22N2O3S/c1-9(18-3)8-13-11(17)14-6-4-12(2,5-7-14)10(15)16/h9H,4-8H2,1-3H3,(H,13,17)(H,15,16). The number of amides is 2. The monoisotopic (exact) mass is 274 g/mol. The van der Waals surface area contributed by atoms with Gasteiger partial charge in [0.15, 0.2) is 0 Å². The molecule has 1 atom stereocenters. The normalized spacial score (nSPS) is 20.3. The van der Waals surface area contributed by atoms with E-state index in [0.29, 0.717) is 37.7 Å². The van der Waals surface area contributed by atoms with Gasteiger partial charge in [-0.05, 0) is 26.0 Å². The minimum absolute atomic E-state index is 0.0802. The summed E-state index contributed by atoms with van der Waals surface area (Å²) < 4.78 is 0. The van der Waals surface area contributed by atoms with Crippen molar-refractivity contribution in [2.24, 2.45) is 5.41 Å². The predicted octanol–water partition coefficient (Wildman–Crippen LogP) is 1.63. The van der Waals surface area contributed by atoms with Crippen LogP contribution in [0.1, 0.15) is 26.7 Å². The lowest BCUT2D eigenvalue weighted by atomic mass is 9.80. The number of hydrogen-bond acceptors (Lipinski definition) is 3. The maximum absolute atomic E-state index is 11.9. The minimum Gasteiger partial charge on any atom is -0.481 e. The van der Waals surface area contributed by atoms with E-state index in [9.17, 15) is 9.59 Å². The number of likely N-dealkylation sites (tertiary alicyclic amines) is 1. The average Bonchev–Trinajstić information content (AvgIpc) is 2.36. The number of carboxylic acids is 1. The fraction of sp³-hybridized carbons (Fsp3) is 0.833. The van der Waals surface area contributed by atoms with Crippen LogP contribution in [0.15, 0.2) is 0 Å². The Balaban J connectivity index is 2.38. The van der Waals surface area contributed by atoms with Gasteiger partial charge in [-0.25, -0.2) is 4.79 Å². The van der Waals surface area contributed by atoms with Crippen LogP contribution in [0.4, 0.5) is 4.79 Å². The Morgan fingerprint density at radius 2 is 2.00 bits per heavy atom. The van der Waals surface area contributed by atoms with Crippen LogP contribution in [0.5, 0.6) is 0 Å². The van der Waals surface area contributed by atoms with E-state index in [-0.39, 0.29) is 6.03 Å². The third-order valence-electron chi connectivity index (χ3n) is 3.61. The molecular weight excluding hydrogens is 252 g/mol. The molecule has 0 aliphatic carbocycles. The smallest absolute Gasteiger partial charge is 0.317 e. The summed E-state index contributed by atoms with van der Waals surface area (Å²) in [6.07, 6.45) is 3.05. The average molecular weight is 274 g/mol. The maximum atomic E-state index is 11.9. The van der Waals surface area contributed by atoms with Crippen molar-refractivity contribution < 1.29 is 14.7 Å². The van der Waals surface area contributed by atoms with Gasteiger partial charge in [-0.15, -0.1) is 0 Å². The Hall–Kier alpha value is -0.910. The Morgan fingerprint density at radius 1 is 1.44 bits per heavy atom. The van der Waals surface area contributed by atoms with Gasteiger partial charge in [-0.1, -0.05) is 6.92 Å². The van der Waals surface area contributed by atoms with Gasteiger partial charge in [0.25, 0.3) is 0 Å². The zero-order valence-electron chi connectivity index (χ0n) is 11.2. The first-order chi connectivity index (χ1) is 8.39. The van der Waals surface area contributed by atoms with E-state index in [1.807, 2.05) is 6.26 Å². The molecule has 0 aromatic rings. The van der Waals surface area contributed by atoms with Crippen molar-refractivity contribution in [1.82, 2.24) is 10.2 Å². The van der Waals surface area contributed by atoms with Crippen molar-refractivity contribution >= 4 is 23.8 Å². The molecule has 6 heteroatoms. The molecule has 1 fully saturated rings. The van der Waals surface area contributed by atoms with Crippen LogP contribution in [0.3, 0.4) is 0 Å². The van der Waals surface area contributed by atoms with Crippen molar-refractivity contribution in [3.63, 3.8) is 0 Å². The van der Waals surface area contributed by atoms with E-state index < -0.39 is 11.4 Å². The van der Waals surface area contributed by atoms with E-state index >= 15 is 0 Å². The van der Waals surface area contributed by atoms with E-state index in [2.05, 4.69) is 12.2 Å². The van der Waals surface area contributed by atoms with E-state index in [0.717, 1.165) is 0 Å². The number of hydrogen-bond donors (Lipinski definition) is 2. The largest absolute Gasteiger partial charge is 0.481 e. The lowest BCUT2D eigenvalue weighted by Crippen LogP contribution is -2.49. The molecule has 0 saturated carbocycles. The van der Waals surface area contributed by atoms with Gasteiger partial charge in [-0.2, -0.15) is 11.8 Å². The number of thioether (sulfide) groups is 1. The molecule has 1 unspecified atom stereocenters. The molecule has 0 spiro atoms. The van der Waals surface area contributed by atoms with E-state index in [4.69, 9.17) is 5.11 Å². The van der Waals surface area contributed by atoms with Gasteiger partial charge >= 0.3 is 12.0 Å². The summed E-state index contributed by atoms with van der Waals surface area (Å²) in [5.41, 5.74) is -0.677. The van der Waals surface area contributed by atoms with Gasteiger partial charge in [0.05, 0.1) is 5.41 Å². The molecular formula is C12H22N2O3S. The van der Waals surface area contributed by atoms with Crippen LogP contribution in [0.2, 0.25) is 0 Å². The molecule has 104 valence electrons. The number of nitrogens with one attached hydrogen (secondary N) is 1. The number of urea groups is 1. The van der Waals surface area contributed by atoms with Crippen LogP contribution < -0.4 is 5.32 Å². The number of carbonyl (C=O) groups is 2. The summed E-state index contributed by atoms with van der Waals surface area (Å²) in [7, 11) is 0. The number of nitrogens with zero attached hydrogens (tertiary/aromatic N) is 1. The van der Waals surface area contributed by atoms with Crippen molar-refractivity contribution in [2.75, 3.05) is 25.9 Å². The van der Waals surface area contributed by atoms with Crippen LogP contribution >= 0.6 is 11.8 Å². The third kappa shape index (κ3) is 3.80. The van der Waals surface area contributed by atoms with Crippen molar-refractivity contribution in [3.8, 4) is 0 Å². The Kier molecular flexibility index (Phi) is 5.31.